The first kappa shape index (κ1) is 14.7. The summed E-state index contributed by atoms with van der Waals surface area (Å²) < 4.78 is 9.89. The average molecular weight is 254 g/mol. The van der Waals surface area contributed by atoms with Gasteiger partial charge in [-0.3, -0.25) is 0 Å². The van der Waals surface area contributed by atoms with E-state index in [0.717, 1.165) is 25.7 Å². The molecule has 0 heterocycles. The summed E-state index contributed by atoms with van der Waals surface area (Å²) in [6.45, 7) is 4.15. The number of rotatable bonds is 5. The Bertz CT molecular complexity index is 314. The zero-order valence-corrected chi connectivity index (χ0v) is 11.2. The number of hydrogen-bond donors (Lipinski definition) is 0. The Morgan fingerprint density at radius 3 is 2.22 bits per heavy atom. The molecule has 0 atom stereocenters. The third-order valence-corrected chi connectivity index (χ3v) is 3.12. The second-order valence-electron chi connectivity index (χ2n) is 4.41. The topological polar surface area (TPSA) is 52.6 Å². The van der Waals surface area contributed by atoms with Crippen molar-refractivity contribution in [3.8, 4) is 0 Å². The third-order valence-electron chi connectivity index (χ3n) is 3.12. The van der Waals surface area contributed by atoms with Crippen LogP contribution < -0.4 is 0 Å². The van der Waals surface area contributed by atoms with Crippen LogP contribution in [0.3, 0.4) is 0 Å². The molecule has 102 valence electrons. The van der Waals surface area contributed by atoms with Gasteiger partial charge in [0.15, 0.2) is 0 Å². The summed E-state index contributed by atoms with van der Waals surface area (Å²) in [5.74, 6) is -0.689. The van der Waals surface area contributed by atoms with E-state index in [9.17, 15) is 9.59 Å². The highest BCUT2D eigenvalue weighted by Gasteiger charge is 2.25. The molecular formula is C14H22O4. The number of carbonyl (C=O) groups excluding carboxylic acids is 2. The Labute approximate surface area is 108 Å². The summed E-state index contributed by atoms with van der Waals surface area (Å²) in [5, 5.41) is 0. The van der Waals surface area contributed by atoms with Crippen molar-refractivity contribution in [2.75, 3.05) is 13.2 Å². The van der Waals surface area contributed by atoms with Crippen molar-refractivity contribution < 1.29 is 19.1 Å². The summed E-state index contributed by atoms with van der Waals surface area (Å²) >= 11 is 0. The minimum absolute atomic E-state index is 0.141. The Morgan fingerprint density at radius 2 is 1.67 bits per heavy atom. The van der Waals surface area contributed by atoms with E-state index in [1.54, 1.807) is 13.8 Å². The van der Waals surface area contributed by atoms with Gasteiger partial charge in [0.1, 0.15) is 0 Å². The highest BCUT2D eigenvalue weighted by Crippen LogP contribution is 2.30. The second-order valence-corrected chi connectivity index (χ2v) is 4.41. The standard InChI is InChI=1S/C14H22O4/c1-3-17-13(15)10-12(14(16)18-4-2)11-8-6-5-7-9-11/h10-11H,3-9H2,1-2H3/b12-10+. The van der Waals surface area contributed by atoms with Crippen LogP contribution >= 0.6 is 0 Å². The fraction of sp³-hybridized carbons (Fsp3) is 0.714. The van der Waals surface area contributed by atoms with Gasteiger partial charge in [0.25, 0.3) is 0 Å². The van der Waals surface area contributed by atoms with Crippen molar-refractivity contribution in [1.82, 2.24) is 0 Å². The van der Waals surface area contributed by atoms with Gasteiger partial charge in [0.2, 0.25) is 0 Å². The molecular weight excluding hydrogens is 232 g/mol. The van der Waals surface area contributed by atoms with E-state index in [1.807, 2.05) is 0 Å². The van der Waals surface area contributed by atoms with Gasteiger partial charge >= 0.3 is 11.9 Å². The lowest BCUT2D eigenvalue weighted by Gasteiger charge is -2.23. The van der Waals surface area contributed by atoms with Crippen LogP contribution in [-0.2, 0) is 19.1 Å². The molecule has 0 aromatic carbocycles. The van der Waals surface area contributed by atoms with Crippen molar-refractivity contribution in [2.45, 2.75) is 46.0 Å². The molecule has 0 aromatic heterocycles. The number of ether oxygens (including phenoxy) is 2. The maximum atomic E-state index is 11.9. The smallest absolute Gasteiger partial charge is 0.334 e. The summed E-state index contributed by atoms with van der Waals surface area (Å²) in [7, 11) is 0. The first-order valence-corrected chi connectivity index (χ1v) is 6.74. The number of esters is 2. The molecule has 0 spiro atoms. The lowest BCUT2D eigenvalue weighted by atomic mass is 9.83. The Kier molecular flexibility index (Phi) is 6.47. The van der Waals surface area contributed by atoms with Crippen molar-refractivity contribution in [3.63, 3.8) is 0 Å². The summed E-state index contributed by atoms with van der Waals surface area (Å²) in [4.78, 5) is 23.4. The zero-order valence-electron chi connectivity index (χ0n) is 11.2. The summed E-state index contributed by atoms with van der Waals surface area (Å²) in [6.07, 6.45) is 6.62. The molecule has 4 heteroatoms. The van der Waals surface area contributed by atoms with Crippen LogP contribution in [0.4, 0.5) is 0 Å². The minimum atomic E-state index is -0.453. The normalized spacial score (nSPS) is 17.3. The highest BCUT2D eigenvalue weighted by molar-refractivity contribution is 5.96. The van der Waals surface area contributed by atoms with E-state index in [4.69, 9.17) is 9.47 Å². The molecule has 0 bridgehead atoms. The Hall–Kier alpha value is -1.32. The van der Waals surface area contributed by atoms with E-state index in [0.29, 0.717) is 18.8 Å². The molecule has 0 aromatic rings. The first-order chi connectivity index (χ1) is 8.69. The molecule has 1 aliphatic rings. The van der Waals surface area contributed by atoms with E-state index < -0.39 is 5.97 Å². The van der Waals surface area contributed by atoms with Crippen LogP contribution in [0.15, 0.2) is 11.6 Å². The van der Waals surface area contributed by atoms with Crippen molar-refractivity contribution in [3.05, 3.63) is 11.6 Å². The van der Waals surface area contributed by atoms with Gasteiger partial charge in [0, 0.05) is 11.6 Å². The lowest BCUT2D eigenvalue weighted by molar-refractivity contribution is -0.141. The minimum Gasteiger partial charge on any atom is -0.463 e. The van der Waals surface area contributed by atoms with Crippen LogP contribution in [-0.4, -0.2) is 25.2 Å². The summed E-state index contributed by atoms with van der Waals surface area (Å²) in [6, 6.07) is 0. The van der Waals surface area contributed by atoms with Crippen LogP contribution in [0.25, 0.3) is 0 Å². The van der Waals surface area contributed by atoms with Crippen LogP contribution in [0.2, 0.25) is 0 Å². The van der Waals surface area contributed by atoms with E-state index in [1.165, 1.54) is 12.5 Å². The molecule has 0 amide bonds. The predicted octanol–water partition coefficient (Wildman–Crippen LogP) is 2.62. The SMILES string of the molecule is CCOC(=O)/C=C(/C(=O)OCC)C1CCCCC1. The van der Waals surface area contributed by atoms with Gasteiger partial charge in [-0.2, -0.15) is 0 Å². The van der Waals surface area contributed by atoms with Gasteiger partial charge in [-0.1, -0.05) is 19.3 Å². The van der Waals surface area contributed by atoms with E-state index in [2.05, 4.69) is 0 Å². The quantitative estimate of drug-likeness (QED) is 0.559. The zero-order chi connectivity index (χ0) is 13.4. The monoisotopic (exact) mass is 254 g/mol. The molecule has 0 aliphatic heterocycles. The van der Waals surface area contributed by atoms with Crippen LogP contribution in [0.1, 0.15) is 46.0 Å². The number of hydrogen-bond acceptors (Lipinski definition) is 4. The Balaban J connectivity index is 2.79. The molecule has 1 fully saturated rings. The molecule has 0 radical (unpaired) electrons. The van der Waals surface area contributed by atoms with Crippen LogP contribution in [0, 0.1) is 5.92 Å². The van der Waals surface area contributed by atoms with Crippen molar-refractivity contribution >= 4 is 11.9 Å². The first-order valence-electron chi connectivity index (χ1n) is 6.74. The Morgan fingerprint density at radius 1 is 1.06 bits per heavy atom. The fourth-order valence-electron chi connectivity index (χ4n) is 2.28. The van der Waals surface area contributed by atoms with E-state index in [-0.39, 0.29) is 11.9 Å². The van der Waals surface area contributed by atoms with Gasteiger partial charge in [-0.25, -0.2) is 9.59 Å². The van der Waals surface area contributed by atoms with Crippen LogP contribution in [0.5, 0.6) is 0 Å². The molecule has 1 saturated carbocycles. The average Bonchev–Trinajstić information content (AvgIpc) is 2.37. The molecule has 1 rings (SSSR count). The summed E-state index contributed by atoms with van der Waals surface area (Å²) in [5.41, 5.74) is 0.481. The van der Waals surface area contributed by atoms with Crippen molar-refractivity contribution in [1.29, 1.82) is 0 Å². The molecule has 0 saturated heterocycles. The maximum absolute atomic E-state index is 11.9. The van der Waals surface area contributed by atoms with Gasteiger partial charge in [0.05, 0.1) is 13.2 Å². The number of carbonyl (C=O) groups is 2. The lowest BCUT2D eigenvalue weighted by Crippen LogP contribution is -2.20. The molecule has 0 unspecified atom stereocenters. The molecule has 0 N–H and O–H groups in total. The predicted molar refractivity (Wildman–Crippen MR) is 67.9 cm³/mol. The van der Waals surface area contributed by atoms with Crippen molar-refractivity contribution in [2.24, 2.45) is 5.92 Å². The van der Waals surface area contributed by atoms with Gasteiger partial charge in [-0.05, 0) is 32.6 Å². The fourth-order valence-corrected chi connectivity index (χ4v) is 2.28. The van der Waals surface area contributed by atoms with Gasteiger partial charge < -0.3 is 9.47 Å². The molecule has 4 nitrogen and oxygen atoms in total. The molecule has 18 heavy (non-hydrogen) atoms. The molecule has 1 aliphatic carbocycles. The largest absolute Gasteiger partial charge is 0.463 e. The second kappa shape index (κ2) is 7.90. The van der Waals surface area contributed by atoms with Gasteiger partial charge in [-0.15, -0.1) is 0 Å². The highest BCUT2D eigenvalue weighted by atomic mass is 16.5. The third kappa shape index (κ3) is 4.51. The van der Waals surface area contributed by atoms with E-state index >= 15 is 0 Å². The maximum Gasteiger partial charge on any atom is 0.334 e.